The molecule has 13 rings (SSSR count). The molecule has 0 saturated carbocycles. The van der Waals surface area contributed by atoms with Crippen LogP contribution in [-0.4, -0.2) is 24.1 Å². The van der Waals surface area contributed by atoms with Crippen molar-refractivity contribution in [3.8, 4) is 112 Å². The van der Waals surface area contributed by atoms with E-state index < -0.39 is 0 Å². The molecule has 346 valence electrons. The van der Waals surface area contributed by atoms with Crippen LogP contribution in [0.4, 0.5) is 0 Å². The summed E-state index contributed by atoms with van der Waals surface area (Å²) in [5.41, 5.74) is 20.3. The Hall–Kier alpha value is -9.23. The quantitative estimate of drug-likeness (QED) is 0.137. The van der Waals surface area contributed by atoms with Crippen molar-refractivity contribution in [1.29, 1.82) is 0 Å². The Morgan fingerprint density at radius 3 is 1.26 bits per heavy atom. The molecule has 0 unspecified atom stereocenters. The Balaban J connectivity index is 1.00. The zero-order valence-electron chi connectivity index (χ0n) is 40.3. The van der Waals surface area contributed by atoms with Crippen molar-refractivity contribution in [2.75, 3.05) is 0 Å². The number of rotatable bonds is 10. The van der Waals surface area contributed by atoms with Gasteiger partial charge in [0.05, 0.1) is 5.69 Å². The summed E-state index contributed by atoms with van der Waals surface area (Å²) in [6.07, 6.45) is 9.54. The number of hydrogen-bond acceptors (Lipinski definition) is 4. The molecular weight excluding hydrogens is 907 g/mol. The average molecular weight is 954 g/mol. The third kappa shape index (κ3) is 8.14. The third-order valence-corrected chi connectivity index (χ3v) is 15.3. The van der Waals surface area contributed by atoms with Crippen molar-refractivity contribution in [2.45, 2.75) is 0 Å². The van der Waals surface area contributed by atoms with Crippen LogP contribution in [0.25, 0.3) is 132 Å². The first-order valence-corrected chi connectivity index (χ1v) is 25.4. The molecule has 4 aromatic heterocycles. The predicted octanol–water partition coefficient (Wildman–Crippen LogP) is 17.6. The van der Waals surface area contributed by atoms with Gasteiger partial charge in [0, 0.05) is 81.9 Å². The average Bonchev–Trinajstić information content (AvgIpc) is 4.20. The zero-order valence-corrected chi connectivity index (χ0v) is 41.1. The molecule has 0 N–H and O–H groups in total. The van der Waals surface area contributed by atoms with E-state index in [4.69, 9.17) is 4.98 Å². The second kappa shape index (κ2) is 18.5. The maximum atomic E-state index is 4.80. The summed E-state index contributed by atoms with van der Waals surface area (Å²) in [7, 11) is 4.07. The molecule has 4 heterocycles. The van der Waals surface area contributed by atoms with E-state index in [0.717, 1.165) is 106 Å². The molecule has 0 bridgehead atoms. The summed E-state index contributed by atoms with van der Waals surface area (Å²) in [4.78, 5) is 14.0. The van der Waals surface area contributed by atoms with Crippen molar-refractivity contribution in [2.24, 2.45) is 14.1 Å². The summed E-state index contributed by atoms with van der Waals surface area (Å²) in [5, 5.41) is 2.58. The van der Waals surface area contributed by atoms with Gasteiger partial charge in [0.2, 0.25) is 0 Å². The van der Waals surface area contributed by atoms with Gasteiger partial charge < -0.3 is 9.13 Å². The molecule has 0 aliphatic rings. The standard InChI is InChI=1S/C67H47N5S/c1-71-37-35-69-66(71)46-26-22-44(23-27-46)53-13-3-5-15-55(53)50-39-51(56-16-6-4-14-54(56)45-24-28-47(29-25-45)67-70-36-38-72(67)2)41-52(40-50)57-17-7-8-18-58(57)59-32-31-49(63-20-11-12-34-68-63)42-62(59)48-30-33-61-60-19-9-10-21-64(60)73-65(61)43-48/h3-43H,1-2H3. The fourth-order valence-corrected chi connectivity index (χ4v) is 11.7. The van der Waals surface area contributed by atoms with E-state index in [9.17, 15) is 0 Å². The summed E-state index contributed by atoms with van der Waals surface area (Å²) < 4.78 is 6.68. The van der Waals surface area contributed by atoms with E-state index in [1.54, 1.807) is 0 Å². The molecule has 0 aliphatic carbocycles. The van der Waals surface area contributed by atoms with E-state index in [0.29, 0.717) is 0 Å². The van der Waals surface area contributed by atoms with Crippen molar-refractivity contribution in [1.82, 2.24) is 24.1 Å². The van der Waals surface area contributed by atoms with Gasteiger partial charge in [-0.15, -0.1) is 11.3 Å². The molecule has 0 amide bonds. The van der Waals surface area contributed by atoms with Crippen LogP contribution in [0, 0.1) is 0 Å². The molecule has 0 spiro atoms. The maximum Gasteiger partial charge on any atom is 0.139 e. The molecule has 0 aliphatic heterocycles. The lowest BCUT2D eigenvalue weighted by atomic mass is 9.84. The molecule has 73 heavy (non-hydrogen) atoms. The van der Waals surface area contributed by atoms with E-state index in [2.05, 4.69) is 231 Å². The highest BCUT2D eigenvalue weighted by Crippen LogP contribution is 2.46. The number of fused-ring (bicyclic) bond motifs is 3. The summed E-state index contributed by atoms with van der Waals surface area (Å²) in [6.45, 7) is 0. The second-order valence-corrected chi connectivity index (χ2v) is 19.7. The number of aryl methyl sites for hydroxylation is 2. The molecule has 0 fully saturated rings. The van der Waals surface area contributed by atoms with Gasteiger partial charge in [-0.2, -0.15) is 0 Å². The van der Waals surface area contributed by atoms with Gasteiger partial charge in [0.25, 0.3) is 0 Å². The lowest BCUT2D eigenvalue weighted by Gasteiger charge is -2.19. The topological polar surface area (TPSA) is 48.5 Å². The summed E-state index contributed by atoms with van der Waals surface area (Å²) in [6, 6.07) is 79.9. The van der Waals surface area contributed by atoms with Crippen LogP contribution in [0.2, 0.25) is 0 Å². The largest absolute Gasteiger partial charge is 0.334 e. The monoisotopic (exact) mass is 953 g/mol. The summed E-state index contributed by atoms with van der Waals surface area (Å²) >= 11 is 1.85. The number of hydrogen-bond donors (Lipinski definition) is 0. The molecule has 0 atom stereocenters. The number of pyridine rings is 1. The minimum absolute atomic E-state index is 0.941. The van der Waals surface area contributed by atoms with Gasteiger partial charge in [-0.25, -0.2) is 9.97 Å². The van der Waals surface area contributed by atoms with Gasteiger partial charge in [-0.3, -0.25) is 4.98 Å². The molecule has 0 saturated heterocycles. The van der Waals surface area contributed by atoms with E-state index >= 15 is 0 Å². The van der Waals surface area contributed by atoms with Gasteiger partial charge in [-0.05, 0) is 126 Å². The van der Waals surface area contributed by atoms with E-state index in [1.165, 1.54) is 25.7 Å². The first kappa shape index (κ1) is 43.8. The molecular formula is C67H47N5S. The third-order valence-electron chi connectivity index (χ3n) is 14.2. The number of benzene rings is 9. The normalized spacial score (nSPS) is 11.4. The highest BCUT2D eigenvalue weighted by Gasteiger charge is 2.20. The number of thiophene rings is 1. The van der Waals surface area contributed by atoms with E-state index in [1.807, 2.05) is 62.5 Å². The van der Waals surface area contributed by atoms with Crippen LogP contribution < -0.4 is 0 Å². The van der Waals surface area contributed by atoms with Crippen molar-refractivity contribution in [3.05, 3.63) is 249 Å². The Morgan fingerprint density at radius 2 is 0.726 bits per heavy atom. The van der Waals surface area contributed by atoms with Gasteiger partial charge >= 0.3 is 0 Å². The lowest BCUT2D eigenvalue weighted by Crippen LogP contribution is -1.94. The Kier molecular flexibility index (Phi) is 11.1. The van der Waals surface area contributed by atoms with Gasteiger partial charge in [0.15, 0.2) is 0 Å². The van der Waals surface area contributed by atoms with Crippen LogP contribution in [0.3, 0.4) is 0 Å². The van der Waals surface area contributed by atoms with Crippen molar-refractivity contribution in [3.63, 3.8) is 0 Å². The highest BCUT2D eigenvalue weighted by atomic mass is 32.1. The van der Waals surface area contributed by atoms with Crippen LogP contribution >= 0.6 is 11.3 Å². The van der Waals surface area contributed by atoms with Crippen LogP contribution in [0.5, 0.6) is 0 Å². The number of imidazole rings is 2. The van der Waals surface area contributed by atoms with Gasteiger partial charge in [0.1, 0.15) is 11.6 Å². The molecule has 6 heteroatoms. The molecule has 13 aromatic rings. The zero-order chi connectivity index (χ0) is 48.8. The number of nitrogens with zero attached hydrogens (tertiary/aromatic N) is 5. The second-order valence-electron chi connectivity index (χ2n) is 18.6. The first-order chi connectivity index (χ1) is 36.0. The van der Waals surface area contributed by atoms with Crippen LogP contribution in [0.15, 0.2) is 249 Å². The molecule has 0 radical (unpaired) electrons. The fourth-order valence-electron chi connectivity index (χ4n) is 10.5. The van der Waals surface area contributed by atoms with Gasteiger partial charge in [-0.1, -0.05) is 170 Å². The molecule has 9 aromatic carbocycles. The SMILES string of the molecule is Cn1ccnc1-c1ccc(-c2ccccc2-c2cc(-c3ccccc3-c3ccc(-c4nccn4C)cc3)cc(-c3ccccc3-c3ccc(-c4ccccn4)cc3-c3ccc4c(c3)sc3ccccc34)c2)cc1. The van der Waals surface area contributed by atoms with Crippen molar-refractivity contribution < 1.29 is 0 Å². The minimum atomic E-state index is 0.941. The van der Waals surface area contributed by atoms with Crippen molar-refractivity contribution >= 4 is 31.5 Å². The Morgan fingerprint density at radius 1 is 0.288 bits per heavy atom. The maximum absolute atomic E-state index is 4.80. The van der Waals surface area contributed by atoms with E-state index in [-0.39, 0.29) is 0 Å². The Bertz CT molecular complexity index is 4010. The molecule has 5 nitrogen and oxygen atoms in total. The minimum Gasteiger partial charge on any atom is -0.334 e. The Labute approximate surface area is 428 Å². The smallest absolute Gasteiger partial charge is 0.139 e. The van der Waals surface area contributed by atoms with Crippen LogP contribution in [0.1, 0.15) is 0 Å². The highest BCUT2D eigenvalue weighted by molar-refractivity contribution is 7.25. The summed E-state index contributed by atoms with van der Waals surface area (Å²) in [5.74, 6) is 1.88. The lowest BCUT2D eigenvalue weighted by molar-refractivity contribution is 0.925. The predicted molar refractivity (Wildman–Crippen MR) is 305 cm³/mol. The first-order valence-electron chi connectivity index (χ1n) is 24.6. The number of aromatic nitrogens is 5. The fraction of sp³-hybridized carbons (Fsp3) is 0.0299. The van der Waals surface area contributed by atoms with Crippen LogP contribution in [-0.2, 0) is 14.1 Å².